The Hall–Kier alpha value is -2.38. The molecule has 4 nitrogen and oxygen atoms in total. The fourth-order valence-electron chi connectivity index (χ4n) is 3.29. The lowest BCUT2D eigenvalue weighted by Gasteiger charge is -2.35. The number of benzene rings is 2. The van der Waals surface area contributed by atoms with Crippen molar-refractivity contribution in [1.82, 2.24) is 10.2 Å². The van der Waals surface area contributed by atoms with Crippen LogP contribution in [0.3, 0.4) is 0 Å². The Morgan fingerprint density at radius 2 is 1.68 bits per heavy atom. The lowest BCUT2D eigenvalue weighted by atomic mass is 10.0. The molecule has 1 atom stereocenters. The summed E-state index contributed by atoms with van der Waals surface area (Å²) in [6.45, 7) is 3.32. The number of carbonyl (C=O) groups excluding carboxylic acids is 1. The standard InChI is InChI=1S/C21H23F3N2O2/c22-21(23,24)18-8-6-16(7-9-18)14-20(27)25-15-19(17-4-2-1-3-5-17)26-10-12-28-13-11-26/h1-9,19H,10-15H2,(H,25,27). The summed E-state index contributed by atoms with van der Waals surface area (Å²) in [4.78, 5) is 14.6. The largest absolute Gasteiger partial charge is 0.416 e. The van der Waals surface area contributed by atoms with Crippen LogP contribution >= 0.6 is 0 Å². The molecule has 0 aliphatic carbocycles. The van der Waals surface area contributed by atoms with Gasteiger partial charge in [-0.25, -0.2) is 0 Å². The third-order valence-electron chi connectivity index (χ3n) is 4.81. The normalized spacial score (nSPS) is 16.5. The molecule has 1 unspecified atom stereocenters. The first kappa shape index (κ1) is 20.4. The van der Waals surface area contributed by atoms with Gasteiger partial charge in [-0.15, -0.1) is 0 Å². The van der Waals surface area contributed by atoms with Crippen LogP contribution in [0.2, 0.25) is 0 Å². The molecule has 28 heavy (non-hydrogen) atoms. The van der Waals surface area contributed by atoms with Crippen molar-refractivity contribution >= 4 is 5.91 Å². The number of nitrogens with one attached hydrogen (secondary N) is 1. The molecule has 3 rings (SSSR count). The molecule has 2 aromatic rings. The number of ether oxygens (including phenoxy) is 1. The third kappa shape index (κ3) is 5.56. The molecule has 0 spiro atoms. The summed E-state index contributed by atoms with van der Waals surface area (Å²) < 4.78 is 43.3. The molecular formula is C21H23F3N2O2. The Bertz CT molecular complexity index is 757. The lowest BCUT2D eigenvalue weighted by Crippen LogP contribution is -2.44. The minimum atomic E-state index is -4.37. The van der Waals surface area contributed by atoms with Crippen LogP contribution in [0, 0.1) is 0 Å². The van der Waals surface area contributed by atoms with Crippen LogP contribution in [0.4, 0.5) is 13.2 Å². The van der Waals surface area contributed by atoms with Gasteiger partial charge in [-0.3, -0.25) is 9.69 Å². The molecule has 150 valence electrons. The maximum atomic E-state index is 12.6. The highest BCUT2D eigenvalue weighted by Gasteiger charge is 2.30. The quantitative estimate of drug-likeness (QED) is 0.819. The zero-order valence-corrected chi connectivity index (χ0v) is 15.4. The van der Waals surface area contributed by atoms with Crippen molar-refractivity contribution in [1.29, 1.82) is 0 Å². The summed E-state index contributed by atoms with van der Waals surface area (Å²) in [7, 11) is 0. The molecule has 1 amide bonds. The van der Waals surface area contributed by atoms with Crippen molar-refractivity contribution in [2.75, 3.05) is 32.8 Å². The smallest absolute Gasteiger partial charge is 0.379 e. The van der Waals surface area contributed by atoms with E-state index in [4.69, 9.17) is 4.74 Å². The first-order valence-corrected chi connectivity index (χ1v) is 9.23. The van der Waals surface area contributed by atoms with E-state index < -0.39 is 11.7 Å². The van der Waals surface area contributed by atoms with E-state index in [1.54, 1.807) is 0 Å². The monoisotopic (exact) mass is 392 g/mol. The van der Waals surface area contributed by atoms with Gasteiger partial charge >= 0.3 is 6.18 Å². The lowest BCUT2D eigenvalue weighted by molar-refractivity contribution is -0.137. The summed E-state index contributed by atoms with van der Waals surface area (Å²) in [6, 6.07) is 14.7. The number of carbonyl (C=O) groups is 1. The second-order valence-electron chi connectivity index (χ2n) is 6.75. The van der Waals surface area contributed by atoms with Crippen molar-refractivity contribution < 1.29 is 22.7 Å². The highest BCUT2D eigenvalue weighted by Crippen LogP contribution is 2.29. The van der Waals surface area contributed by atoms with Gasteiger partial charge in [-0.05, 0) is 23.3 Å². The van der Waals surface area contributed by atoms with E-state index >= 15 is 0 Å². The van der Waals surface area contributed by atoms with Gasteiger partial charge < -0.3 is 10.1 Å². The highest BCUT2D eigenvalue weighted by molar-refractivity contribution is 5.78. The van der Waals surface area contributed by atoms with Crippen LogP contribution in [0.1, 0.15) is 22.7 Å². The topological polar surface area (TPSA) is 41.6 Å². The minimum Gasteiger partial charge on any atom is -0.379 e. The van der Waals surface area contributed by atoms with Crippen LogP contribution in [0.15, 0.2) is 54.6 Å². The van der Waals surface area contributed by atoms with E-state index in [9.17, 15) is 18.0 Å². The number of hydrogen-bond donors (Lipinski definition) is 1. The number of morpholine rings is 1. The van der Waals surface area contributed by atoms with Crippen molar-refractivity contribution in [3.05, 3.63) is 71.3 Å². The third-order valence-corrected chi connectivity index (χ3v) is 4.81. The zero-order valence-electron chi connectivity index (χ0n) is 15.4. The predicted octanol–water partition coefficient (Wildman–Crippen LogP) is 3.44. The molecular weight excluding hydrogens is 369 g/mol. The molecule has 0 radical (unpaired) electrons. The van der Waals surface area contributed by atoms with Gasteiger partial charge in [0.25, 0.3) is 0 Å². The average Bonchev–Trinajstić information content (AvgIpc) is 2.69. The Kier molecular flexibility index (Phi) is 6.70. The summed E-state index contributed by atoms with van der Waals surface area (Å²) in [5.74, 6) is -0.214. The van der Waals surface area contributed by atoms with E-state index in [-0.39, 0.29) is 18.4 Å². The first-order chi connectivity index (χ1) is 13.4. The highest BCUT2D eigenvalue weighted by atomic mass is 19.4. The molecule has 0 saturated carbocycles. The summed E-state index contributed by atoms with van der Waals surface area (Å²) in [5.41, 5.74) is 0.945. The van der Waals surface area contributed by atoms with Crippen LogP contribution < -0.4 is 5.32 Å². The number of rotatable bonds is 6. The number of amides is 1. The van der Waals surface area contributed by atoms with Gasteiger partial charge in [0.05, 0.1) is 31.2 Å². The van der Waals surface area contributed by atoms with Crippen molar-refractivity contribution in [3.63, 3.8) is 0 Å². The SMILES string of the molecule is O=C(Cc1ccc(C(F)(F)F)cc1)NCC(c1ccccc1)N1CCOCC1. The second kappa shape index (κ2) is 9.21. The molecule has 0 aromatic heterocycles. The number of hydrogen-bond acceptors (Lipinski definition) is 3. The summed E-state index contributed by atoms with van der Waals surface area (Å²) >= 11 is 0. The molecule has 1 heterocycles. The second-order valence-corrected chi connectivity index (χ2v) is 6.75. The maximum Gasteiger partial charge on any atom is 0.416 e. The minimum absolute atomic E-state index is 0.0293. The van der Waals surface area contributed by atoms with Gasteiger partial charge in [-0.2, -0.15) is 13.2 Å². The molecule has 2 aromatic carbocycles. The van der Waals surface area contributed by atoms with E-state index in [2.05, 4.69) is 10.2 Å². The van der Waals surface area contributed by atoms with Crippen LogP contribution in [-0.2, 0) is 22.1 Å². The van der Waals surface area contributed by atoms with Crippen LogP contribution in [0.5, 0.6) is 0 Å². The van der Waals surface area contributed by atoms with Crippen molar-refractivity contribution in [2.45, 2.75) is 18.6 Å². The zero-order chi connectivity index (χ0) is 20.0. The van der Waals surface area contributed by atoms with E-state index in [0.717, 1.165) is 30.8 Å². The maximum absolute atomic E-state index is 12.6. The van der Waals surface area contributed by atoms with E-state index in [0.29, 0.717) is 25.3 Å². The van der Waals surface area contributed by atoms with E-state index in [1.807, 2.05) is 30.3 Å². The molecule has 0 bridgehead atoms. The fraction of sp³-hybridized carbons (Fsp3) is 0.381. The summed E-state index contributed by atoms with van der Waals surface area (Å²) in [5, 5.41) is 2.93. The van der Waals surface area contributed by atoms with Crippen LogP contribution in [0.25, 0.3) is 0 Å². The molecule has 1 saturated heterocycles. The Labute approximate surface area is 162 Å². The predicted molar refractivity (Wildman–Crippen MR) is 99.7 cm³/mol. The van der Waals surface area contributed by atoms with Gasteiger partial charge in [0.2, 0.25) is 5.91 Å². The Morgan fingerprint density at radius 3 is 2.29 bits per heavy atom. The van der Waals surface area contributed by atoms with Crippen molar-refractivity contribution in [2.24, 2.45) is 0 Å². The Morgan fingerprint density at radius 1 is 1.04 bits per heavy atom. The number of nitrogens with zero attached hydrogens (tertiary/aromatic N) is 1. The van der Waals surface area contributed by atoms with E-state index in [1.165, 1.54) is 12.1 Å². The number of alkyl halides is 3. The Balaban J connectivity index is 1.60. The molecule has 7 heteroatoms. The average molecular weight is 392 g/mol. The van der Waals surface area contributed by atoms with Gasteiger partial charge in [0, 0.05) is 19.6 Å². The summed E-state index contributed by atoms with van der Waals surface area (Å²) in [6.07, 6.45) is -4.33. The van der Waals surface area contributed by atoms with Gasteiger partial charge in [0.15, 0.2) is 0 Å². The van der Waals surface area contributed by atoms with Crippen molar-refractivity contribution in [3.8, 4) is 0 Å². The first-order valence-electron chi connectivity index (χ1n) is 9.23. The molecule has 1 aliphatic heterocycles. The molecule has 1 aliphatic rings. The van der Waals surface area contributed by atoms with Gasteiger partial charge in [0.1, 0.15) is 0 Å². The van der Waals surface area contributed by atoms with Crippen LogP contribution in [-0.4, -0.2) is 43.7 Å². The molecule has 1 fully saturated rings. The fourth-order valence-corrected chi connectivity index (χ4v) is 3.29. The number of halogens is 3. The van der Waals surface area contributed by atoms with Gasteiger partial charge in [-0.1, -0.05) is 42.5 Å². The molecule has 1 N–H and O–H groups in total.